The molecule has 2 atom stereocenters. The molecule has 0 aliphatic heterocycles. The van der Waals surface area contributed by atoms with Crippen LogP contribution in [0.15, 0.2) is 0 Å². The van der Waals surface area contributed by atoms with Crippen LogP contribution < -0.4 is 5.73 Å². The number of aliphatic hydroxyl groups is 2. The van der Waals surface area contributed by atoms with Crippen molar-refractivity contribution < 1.29 is 19.7 Å². The van der Waals surface area contributed by atoms with Crippen LogP contribution in [0.1, 0.15) is 34.1 Å². The Balaban J connectivity index is 4.48. The number of hydrogen-bond donors (Lipinski definition) is 3. The van der Waals surface area contributed by atoms with E-state index in [0.29, 0.717) is 6.42 Å². The second-order valence-corrected chi connectivity index (χ2v) is 5.94. The molecule has 0 aliphatic rings. The largest absolute Gasteiger partial charge is 0.462 e. The predicted octanol–water partition coefficient (Wildman–Crippen LogP) is 0.284. The molecule has 0 aromatic heterocycles. The molecule has 0 bridgehead atoms. The lowest BCUT2D eigenvalue weighted by Gasteiger charge is -2.32. The summed E-state index contributed by atoms with van der Waals surface area (Å²) in [6.07, 6.45) is -0.430. The zero-order valence-electron chi connectivity index (χ0n) is 11.2. The standard InChI is InChI=1S/C12H25NO4/c1-11(2,3)7-12(4,8-13)10(16)17-6-9(15)5-14/h9,14-15H,5-8,13H2,1-4H3. The lowest BCUT2D eigenvalue weighted by Crippen LogP contribution is -2.41. The molecule has 0 aromatic rings. The van der Waals surface area contributed by atoms with Crippen LogP contribution in [0.2, 0.25) is 0 Å². The Kier molecular flexibility index (Phi) is 6.09. The van der Waals surface area contributed by atoms with Crippen LogP contribution in [0.3, 0.4) is 0 Å². The van der Waals surface area contributed by atoms with Gasteiger partial charge in [-0.1, -0.05) is 20.8 Å². The molecule has 5 heteroatoms. The van der Waals surface area contributed by atoms with Crippen molar-refractivity contribution in [2.45, 2.75) is 40.2 Å². The number of nitrogens with two attached hydrogens (primary N) is 1. The fourth-order valence-electron chi connectivity index (χ4n) is 1.80. The molecule has 4 N–H and O–H groups in total. The summed E-state index contributed by atoms with van der Waals surface area (Å²) in [7, 11) is 0. The van der Waals surface area contributed by atoms with Crippen LogP contribution in [0.4, 0.5) is 0 Å². The number of esters is 1. The van der Waals surface area contributed by atoms with Gasteiger partial charge in [-0.05, 0) is 18.8 Å². The molecule has 0 fully saturated rings. The first-order valence-corrected chi connectivity index (χ1v) is 5.81. The van der Waals surface area contributed by atoms with Crippen molar-refractivity contribution >= 4 is 5.97 Å². The lowest BCUT2D eigenvalue weighted by molar-refractivity contribution is -0.159. The summed E-state index contributed by atoms with van der Waals surface area (Å²) >= 11 is 0. The van der Waals surface area contributed by atoms with Crippen molar-refractivity contribution in [3.63, 3.8) is 0 Å². The SMILES string of the molecule is CC(C)(C)CC(C)(CN)C(=O)OCC(O)CO. The van der Waals surface area contributed by atoms with Crippen molar-refractivity contribution in [1.29, 1.82) is 0 Å². The van der Waals surface area contributed by atoms with Gasteiger partial charge in [0, 0.05) is 6.54 Å². The van der Waals surface area contributed by atoms with Crippen LogP contribution in [-0.2, 0) is 9.53 Å². The number of aliphatic hydroxyl groups excluding tert-OH is 2. The van der Waals surface area contributed by atoms with Gasteiger partial charge in [-0.3, -0.25) is 4.79 Å². The summed E-state index contributed by atoms with van der Waals surface area (Å²) in [6, 6.07) is 0. The molecule has 0 amide bonds. The summed E-state index contributed by atoms with van der Waals surface area (Å²) in [6.45, 7) is 7.40. The van der Waals surface area contributed by atoms with E-state index in [1.165, 1.54) is 0 Å². The lowest BCUT2D eigenvalue weighted by atomic mass is 9.75. The van der Waals surface area contributed by atoms with E-state index < -0.39 is 24.1 Å². The number of rotatable bonds is 6. The summed E-state index contributed by atoms with van der Waals surface area (Å²) in [5, 5.41) is 17.7. The Morgan fingerprint density at radius 2 is 1.88 bits per heavy atom. The molecule has 0 aromatic carbocycles. The first-order valence-electron chi connectivity index (χ1n) is 5.81. The predicted molar refractivity (Wildman–Crippen MR) is 65.3 cm³/mol. The second kappa shape index (κ2) is 6.33. The molecule has 0 spiro atoms. The molecule has 0 radical (unpaired) electrons. The summed E-state index contributed by atoms with van der Waals surface area (Å²) < 4.78 is 4.97. The van der Waals surface area contributed by atoms with Crippen LogP contribution >= 0.6 is 0 Å². The third-order valence-corrected chi connectivity index (χ3v) is 2.48. The van der Waals surface area contributed by atoms with Gasteiger partial charge in [0.1, 0.15) is 12.7 Å². The van der Waals surface area contributed by atoms with E-state index in [4.69, 9.17) is 20.7 Å². The van der Waals surface area contributed by atoms with Crippen LogP contribution in [-0.4, -0.2) is 42.0 Å². The molecule has 0 heterocycles. The quantitative estimate of drug-likeness (QED) is 0.586. The number of carbonyl (C=O) groups excluding carboxylic acids is 1. The number of ether oxygens (including phenoxy) is 1. The minimum Gasteiger partial charge on any atom is -0.462 e. The number of carbonyl (C=O) groups is 1. The van der Waals surface area contributed by atoms with Gasteiger partial charge in [-0.2, -0.15) is 0 Å². The van der Waals surface area contributed by atoms with Crippen molar-refractivity contribution in [3.05, 3.63) is 0 Å². The van der Waals surface area contributed by atoms with E-state index in [1.807, 2.05) is 20.8 Å². The van der Waals surface area contributed by atoms with Gasteiger partial charge in [0.15, 0.2) is 0 Å². The zero-order chi connectivity index (χ0) is 13.7. The average molecular weight is 247 g/mol. The van der Waals surface area contributed by atoms with Crippen molar-refractivity contribution in [1.82, 2.24) is 0 Å². The monoisotopic (exact) mass is 247 g/mol. The Bertz CT molecular complexity index is 249. The van der Waals surface area contributed by atoms with Gasteiger partial charge in [0.05, 0.1) is 12.0 Å². The Morgan fingerprint density at radius 1 is 1.35 bits per heavy atom. The smallest absolute Gasteiger partial charge is 0.313 e. The van der Waals surface area contributed by atoms with Crippen LogP contribution in [0.25, 0.3) is 0 Å². The van der Waals surface area contributed by atoms with Gasteiger partial charge in [0.2, 0.25) is 0 Å². The van der Waals surface area contributed by atoms with E-state index in [9.17, 15) is 4.79 Å². The highest BCUT2D eigenvalue weighted by atomic mass is 16.5. The summed E-state index contributed by atoms with van der Waals surface area (Å²) in [5.41, 5.74) is 4.85. The van der Waals surface area contributed by atoms with E-state index in [2.05, 4.69) is 0 Å². The van der Waals surface area contributed by atoms with Gasteiger partial charge in [0.25, 0.3) is 0 Å². The second-order valence-electron chi connectivity index (χ2n) is 5.94. The van der Waals surface area contributed by atoms with E-state index >= 15 is 0 Å². The fourth-order valence-corrected chi connectivity index (χ4v) is 1.80. The molecule has 5 nitrogen and oxygen atoms in total. The topological polar surface area (TPSA) is 92.8 Å². The maximum absolute atomic E-state index is 11.9. The average Bonchev–Trinajstić information content (AvgIpc) is 2.22. The maximum Gasteiger partial charge on any atom is 0.313 e. The molecular formula is C12H25NO4. The Morgan fingerprint density at radius 3 is 2.24 bits per heavy atom. The molecule has 2 unspecified atom stereocenters. The molecule has 0 saturated carbocycles. The molecular weight excluding hydrogens is 222 g/mol. The Labute approximate surface area is 103 Å². The third kappa shape index (κ3) is 6.00. The summed E-state index contributed by atoms with van der Waals surface area (Å²) in [4.78, 5) is 11.9. The van der Waals surface area contributed by atoms with Gasteiger partial charge >= 0.3 is 5.97 Å². The van der Waals surface area contributed by atoms with E-state index in [1.54, 1.807) is 6.92 Å². The van der Waals surface area contributed by atoms with Gasteiger partial charge in [-0.25, -0.2) is 0 Å². The minimum absolute atomic E-state index is 0.0390. The highest BCUT2D eigenvalue weighted by molar-refractivity contribution is 5.76. The fraction of sp³-hybridized carbons (Fsp3) is 0.917. The van der Waals surface area contributed by atoms with E-state index in [-0.39, 0.29) is 18.6 Å². The first kappa shape index (κ1) is 16.4. The highest BCUT2D eigenvalue weighted by Crippen LogP contribution is 2.33. The normalized spacial score (nSPS) is 17.4. The maximum atomic E-state index is 11.9. The molecule has 102 valence electrons. The molecule has 0 rings (SSSR count). The molecule has 0 saturated heterocycles. The van der Waals surface area contributed by atoms with Gasteiger partial charge < -0.3 is 20.7 Å². The molecule has 17 heavy (non-hydrogen) atoms. The van der Waals surface area contributed by atoms with Crippen LogP contribution in [0.5, 0.6) is 0 Å². The number of hydrogen-bond acceptors (Lipinski definition) is 5. The van der Waals surface area contributed by atoms with E-state index in [0.717, 1.165) is 0 Å². The van der Waals surface area contributed by atoms with Crippen LogP contribution in [0, 0.1) is 10.8 Å². The highest BCUT2D eigenvalue weighted by Gasteiger charge is 2.37. The van der Waals surface area contributed by atoms with Crippen molar-refractivity contribution in [2.24, 2.45) is 16.6 Å². The van der Waals surface area contributed by atoms with Crippen molar-refractivity contribution in [3.8, 4) is 0 Å². The molecule has 0 aliphatic carbocycles. The van der Waals surface area contributed by atoms with Crippen molar-refractivity contribution in [2.75, 3.05) is 19.8 Å². The summed E-state index contributed by atoms with van der Waals surface area (Å²) in [5.74, 6) is -0.428. The zero-order valence-corrected chi connectivity index (χ0v) is 11.2. The minimum atomic E-state index is -1.03. The third-order valence-electron chi connectivity index (χ3n) is 2.48. The Hall–Kier alpha value is -0.650. The van der Waals surface area contributed by atoms with Gasteiger partial charge in [-0.15, -0.1) is 0 Å². The first-order chi connectivity index (χ1) is 7.64.